The fourth-order valence-corrected chi connectivity index (χ4v) is 2.09. The number of benzene rings is 1. The third-order valence-corrected chi connectivity index (χ3v) is 3.57. The third kappa shape index (κ3) is 4.07. The number of alkyl halides is 1. The molecule has 2 aromatic rings. The molecular weight excluding hydrogens is 318 g/mol. The van der Waals surface area contributed by atoms with E-state index in [0.29, 0.717) is 6.61 Å². The summed E-state index contributed by atoms with van der Waals surface area (Å²) < 4.78 is 7.68. The van der Waals surface area contributed by atoms with E-state index < -0.39 is 0 Å². The largest absolute Gasteiger partial charge is 0.493 e. The van der Waals surface area contributed by atoms with Crippen molar-refractivity contribution >= 4 is 15.9 Å². The van der Waals surface area contributed by atoms with Crippen molar-refractivity contribution in [2.45, 2.75) is 38.6 Å². The van der Waals surface area contributed by atoms with Gasteiger partial charge in [0.25, 0.3) is 0 Å². The Bertz CT molecular complexity index is 566. The molecule has 0 aliphatic rings. The van der Waals surface area contributed by atoms with E-state index in [9.17, 15) is 0 Å². The minimum absolute atomic E-state index is 0.238. The average molecular weight is 338 g/mol. The first-order chi connectivity index (χ1) is 9.56. The molecule has 0 saturated heterocycles. The molecule has 0 aliphatic heterocycles. The molecule has 5 heteroatoms. The van der Waals surface area contributed by atoms with Crippen LogP contribution >= 0.6 is 15.9 Å². The maximum Gasteiger partial charge on any atom is 0.122 e. The summed E-state index contributed by atoms with van der Waals surface area (Å²) >= 11 is 3.48. The Morgan fingerprint density at radius 2 is 2.15 bits per heavy atom. The van der Waals surface area contributed by atoms with Crippen molar-refractivity contribution in [3.8, 4) is 5.75 Å². The maximum absolute atomic E-state index is 5.82. The van der Waals surface area contributed by atoms with E-state index in [0.717, 1.165) is 24.4 Å². The molecule has 1 aromatic carbocycles. The van der Waals surface area contributed by atoms with Crippen LogP contribution in [-0.4, -0.2) is 21.6 Å². The lowest BCUT2D eigenvalue weighted by Gasteiger charge is -2.09. The lowest BCUT2D eigenvalue weighted by atomic mass is 10.1. The molecule has 1 unspecified atom stereocenters. The Morgan fingerprint density at radius 1 is 1.35 bits per heavy atom. The van der Waals surface area contributed by atoms with Crippen molar-refractivity contribution in [1.29, 1.82) is 0 Å². The van der Waals surface area contributed by atoms with Crippen LogP contribution < -0.4 is 4.74 Å². The van der Waals surface area contributed by atoms with E-state index in [4.69, 9.17) is 4.74 Å². The first-order valence-electron chi connectivity index (χ1n) is 6.80. The Balaban J connectivity index is 1.79. The zero-order valence-corrected chi connectivity index (χ0v) is 13.7. The van der Waals surface area contributed by atoms with Gasteiger partial charge in [0.15, 0.2) is 0 Å². The van der Waals surface area contributed by atoms with E-state index in [2.05, 4.69) is 58.3 Å². The molecule has 0 fully saturated rings. The summed E-state index contributed by atoms with van der Waals surface area (Å²) in [5.41, 5.74) is 3.35. The third-order valence-electron chi connectivity index (χ3n) is 3.10. The molecule has 0 saturated carbocycles. The minimum Gasteiger partial charge on any atom is -0.493 e. The van der Waals surface area contributed by atoms with Gasteiger partial charge in [-0.25, -0.2) is 0 Å². The summed E-state index contributed by atoms with van der Waals surface area (Å²) in [5, 5.41) is 8.20. The molecule has 4 nitrogen and oxygen atoms in total. The molecule has 0 radical (unpaired) electrons. The summed E-state index contributed by atoms with van der Waals surface area (Å²) in [6, 6.07) is 6.27. The summed E-state index contributed by atoms with van der Waals surface area (Å²) in [6.45, 7) is 7.68. The molecule has 0 spiro atoms. The molecule has 1 atom stereocenters. The molecular formula is C15H20BrN3O. The van der Waals surface area contributed by atoms with Crippen LogP contribution in [0.4, 0.5) is 0 Å². The summed E-state index contributed by atoms with van der Waals surface area (Å²) in [6.07, 6.45) is 2.88. The predicted molar refractivity (Wildman–Crippen MR) is 83.4 cm³/mol. The van der Waals surface area contributed by atoms with Gasteiger partial charge in [-0.15, -0.1) is 5.10 Å². The number of aromatic nitrogens is 3. The van der Waals surface area contributed by atoms with Crippen LogP contribution in [0.25, 0.3) is 0 Å². The van der Waals surface area contributed by atoms with Gasteiger partial charge in [0, 0.05) is 19.2 Å². The van der Waals surface area contributed by atoms with Crippen LogP contribution in [0.15, 0.2) is 24.4 Å². The van der Waals surface area contributed by atoms with E-state index in [1.807, 2.05) is 17.8 Å². The molecule has 0 bridgehead atoms. The normalized spacial score (nSPS) is 12.4. The zero-order valence-electron chi connectivity index (χ0n) is 12.1. The first-order valence-corrected chi connectivity index (χ1v) is 7.72. The number of hydrogen-bond donors (Lipinski definition) is 0. The highest BCUT2D eigenvalue weighted by atomic mass is 79.9. The number of rotatable bonds is 6. The van der Waals surface area contributed by atoms with Gasteiger partial charge in [-0.1, -0.05) is 33.3 Å². The van der Waals surface area contributed by atoms with E-state index in [1.165, 1.54) is 11.1 Å². The predicted octanol–water partition coefficient (Wildman–Crippen LogP) is 3.82. The number of hydrogen-bond acceptors (Lipinski definition) is 3. The van der Waals surface area contributed by atoms with E-state index in [1.54, 1.807) is 0 Å². The van der Waals surface area contributed by atoms with Gasteiger partial charge >= 0.3 is 0 Å². The lowest BCUT2D eigenvalue weighted by molar-refractivity contribution is 0.296. The molecule has 0 N–H and O–H groups in total. The van der Waals surface area contributed by atoms with Gasteiger partial charge < -0.3 is 4.74 Å². The lowest BCUT2D eigenvalue weighted by Crippen LogP contribution is -2.05. The van der Waals surface area contributed by atoms with Crippen molar-refractivity contribution in [3.05, 3.63) is 41.2 Å². The maximum atomic E-state index is 5.82. The van der Waals surface area contributed by atoms with Gasteiger partial charge in [0.05, 0.1) is 17.1 Å². The Hall–Kier alpha value is -1.36. The van der Waals surface area contributed by atoms with Crippen LogP contribution in [0.5, 0.6) is 5.75 Å². The van der Waals surface area contributed by atoms with Crippen LogP contribution in [0, 0.1) is 13.8 Å². The quantitative estimate of drug-likeness (QED) is 0.594. The topological polar surface area (TPSA) is 39.9 Å². The average Bonchev–Trinajstić information content (AvgIpc) is 2.87. The molecule has 0 aliphatic carbocycles. The number of halogens is 1. The van der Waals surface area contributed by atoms with Gasteiger partial charge in [-0.3, -0.25) is 4.68 Å². The van der Waals surface area contributed by atoms with Crippen molar-refractivity contribution in [3.63, 3.8) is 0 Å². The summed E-state index contributed by atoms with van der Waals surface area (Å²) in [7, 11) is 0. The highest BCUT2D eigenvalue weighted by molar-refractivity contribution is 9.09. The highest BCUT2D eigenvalue weighted by Crippen LogP contribution is 2.20. The second kappa shape index (κ2) is 6.88. The summed E-state index contributed by atoms with van der Waals surface area (Å²) in [4.78, 5) is 0.238. The van der Waals surface area contributed by atoms with E-state index in [-0.39, 0.29) is 4.83 Å². The monoisotopic (exact) mass is 337 g/mol. The standard InChI is InChI=1S/C15H20BrN3O/c1-11-5-6-12(2)15(9-11)20-8-4-7-19-10-14(13(3)16)17-18-19/h5-6,9-10,13H,4,7-8H2,1-3H3. The van der Waals surface area contributed by atoms with Gasteiger partial charge in [0.1, 0.15) is 5.75 Å². The Labute approximate surface area is 128 Å². The zero-order chi connectivity index (χ0) is 14.5. The summed E-state index contributed by atoms with van der Waals surface area (Å²) in [5.74, 6) is 0.971. The Morgan fingerprint density at radius 3 is 2.85 bits per heavy atom. The fraction of sp³-hybridized carbons (Fsp3) is 0.467. The Kier molecular flexibility index (Phi) is 5.17. The smallest absolute Gasteiger partial charge is 0.122 e. The molecule has 20 heavy (non-hydrogen) atoms. The first kappa shape index (κ1) is 15.0. The number of ether oxygens (including phenoxy) is 1. The van der Waals surface area contributed by atoms with Crippen molar-refractivity contribution in [2.24, 2.45) is 0 Å². The van der Waals surface area contributed by atoms with Crippen LogP contribution in [0.3, 0.4) is 0 Å². The van der Waals surface area contributed by atoms with Crippen molar-refractivity contribution in [1.82, 2.24) is 15.0 Å². The van der Waals surface area contributed by atoms with Crippen LogP contribution in [-0.2, 0) is 6.54 Å². The van der Waals surface area contributed by atoms with Crippen LogP contribution in [0.2, 0.25) is 0 Å². The molecule has 1 aromatic heterocycles. The molecule has 2 rings (SSSR count). The van der Waals surface area contributed by atoms with Gasteiger partial charge in [0.2, 0.25) is 0 Å². The minimum atomic E-state index is 0.238. The second-order valence-electron chi connectivity index (χ2n) is 4.99. The molecule has 108 valence electrons. The van der Waals surface area contributed by atoms with Crippen LogP contribution in [0.1, 0.15) is 35.0 Å². The number of nitrogens with zero attached hydrogens (tertiary/aromatic N) is 3. The van der Waals surface area contributed by atoms with Gasteiger partial charge in [-0.05, 0) is 38.0 Å². The SMILES string of the molecule is Cc1ccc(C)c(OCCCn2cc(C(C)Br)nn2)c1. The second-order valence-corrected chi connectivity index (χ2v) is 6.37. The highest BCUT2D eigenvalue weighted by Gasteiger charge is 2.06. The van der Waals surface area contributed by atoms with E-state index >= 15 is 0 Å². The van der Waals surface area contributed by atoms with Crippen molar-refractivity contribution < 1.29 is 4.74 Å². The fourth-order valence-electron chi connectivity index (χ4n) is 1.88. The van der Waals surface area contributed by atoms with Gasteiger partial charge in [-0.2, -0.15) is 0 Å². The molecule has 0 amide bonds. The number of aryl methyl sites for hydroxylation is 3. The molecule has 1 heterocycles. The van der Waals surface area contributed by atoms with Crippen molar-refractivity contribution in [2.75, 3.05) is 6.61 Å².